The highest BCUT2D eigenvalue weighted by Gasteiger charge is 2.25. The summed E-state index contributed by atoms with van der Waals surface area (Å²) < 4.78 is 45.7. The predicted octanol–water partition coefficient (Wildman–Crippen LogP) is 2.52. The van der Waals surface area contributed by atoms with E-state index in [1.807, 2.05) is 0 Å². The third-order valence-electron chi connectivity index (χ3n) is 3.77. The highest BCUT2D eigenvalue weighted by atomic mass is 32.2. The molecule has 2 heterocycles. The maximum atomic E-state index is 13.3. The van der Waals surface area contributed by atoms with Gasteiger partial charge < -0.3 is 10.1 Å². The Morgan fingerprint density at radius 1 is 1.36 bits per heavy atom. The second-order valence-electron chi connectivity index (χ2n) is 5.75. The number of hydrogen-bond acceptors (Lipinski definition) is 5. The normalized spacial score (nSPS) is 17.6. The molecule has 1 aromatic heterocycles. The SMILES string of the molecule is Cc1cc(NC(=O)c2csc(S(=O)(=O)N[C@H]3CCOC3)c2)ccc1F. The lowest BCUT2D eigenvalue weighted by molar-refractivity contribution is 0.102. The van der Waals surface area contributed by atoms with Gasteiger partial charge in [-0.1, -0.05) is 0 Å². The summed E-state index contributed by atoms with van der Waals surface area (Å²) in [7, 11) is -3.68. The standard InChI is InChI=1S/C16H17FN2O4S2/c1-10-6-12(2-3-14(10)17)18-16(20)11-7-15(24-9-11)25(21,22)19-13-4-5-23-8-13/h2-3,6-7,9,13,19H,4-5,8H2,1H3,(H,18,20)/t13-/m0/s1. The molecule has 1 aromatic carbocycles. The number of halogens is 1. The molecule has 0 unspecified atom stereocenters. The van der Waals surface area contributed by atoms with Crippen LogP contribution in [0.5, 0.6) is 0 Å². The van der Waals surface area contributed by atoms with Crippen molar-refractivity contribution in [1.29, 1.82) is 0 Å². The molecule has 9 heteroatoms. The molecule has 134 valence electrons. The lowest BCUT2D eigenvalue weighted by Crippen LogP contribution is -2.34. The van der Waals surface area contributed by atoms with E-state index in [1.54, 1.807) is 6.92 Å². The summed E-state index contributed by atoms with van der Waals surface area (Å²) >= 11 is 0.972. The molecule has 2 N–H and O–H groups in total. The molecule has 2 aromatic rings. The number of anilines is 1. The lowest BCUT2D eigenvalue weighted by Gasteiger charge is -2.09. The van der Waals surface area contributed by atoms with Crippen molar-refractivity contribution in [3.8, 4) is 0 Å². The summed E-state index contributed by atoms with van der Waals surface area (Å²) in [6.07, 6.45) is 0.627. The quantitative estimate of drug-likeness (QED) is 0.830. The average molecular weight is 384 g/mol. The highest BCUT2D eigenvalue weighted by molar-refractivity contribution is 7.91. The first-order valence-corrected chi connectivity index (χ1v) is 9.97. The number of hydrogen-bond donors (Lipinski definition) is 2. The van der Waals surface area contributed by atoms with Gasteiger partial charge >= 0.3 is 0 Å². The summed E-state index contributed by atoms with van der Waals surface area (Å²) in [5, 5.41) is 4.11. The maximum Gasteiger partial charge on any atom is 0.256 e. The lowest BCUT2D eigenvalue weighted by atomic mass is 10.2. The molecule has 0 bridgehead atoms. The molecule has 0 radical (unpaired) electrons. The Labute approximate surface area is 149 Å². The maximum absolute atomic E-state index is 13.3. The van der Waals surface area contributed by atoms with Crippen molar-refractivity contribution in [2.75, 3.05) is 18.5 Å². The average Bonchev–Trinajstić information content (AvgIpc) is 3.22. The number of amides is 1. The first-order chi connectivity index (χ1) is 11.8. The number of sulfonamides is 1. The molecule has 1 saturated heterocycles. The van der Waals surface area contributed by atoms with Crippen LogP contribution < -0.4 is 10.0 Å². The molecule has 25 heavy (non-hydrogen) atoms. The summed E-state index contributed by atoms with van der Waals surface area (Å²) in [6.45, 7) is 2.48. The van der Waals surface area contributed by atoms with Gasteiger partial charge in [0, 0.05) is 23.7 Å². The Bertz CT molecular complexity index is 889. The fourth-order valence-electron chi connectivity index (χ4n) is 2.41. The van der Waals surface area contributed by atoms with Crippen molar-refractivity contribution >= 4 is 33.0 Å². The topological polar surface area (TPSA) is 84.5 Å². The first-order valence-electron chi connectivity index (χ1n) is 7.61. The number of aryl methyl sites for hydroxylation is 1. The molecule has 1 amide bonds. The first kappa shape index (κ1) is 18.0. The molecular weight excluding hydrogens is 367 g/mol. The number of carbonyl (C=O) groups excluding carboxylic acids is 1. The van der Waals surface area contributed by atoms with Gasteiger partial charge in [-0.25, -0.2) is 17.5 Å². The van der Waals surface area contributed by atoms with Crippen molar-refractivity contribution < 1.29 is 22.3 Å². The second kappa shape index (κ2) is 7.20. The summed E-state index contributed by atoms with van der Waals surface area (Å²) in [4.78, 5) is 12.3. The molecule has 6 nitrogen and oxygen atoms in total. The van der Waals surface area contributed by atoms with E-state index in [0.717, 1.165) is 11.3 Å². The van der Waals surface area contributed by atoms with Gasteiger partial charge in [-0.3, -0.25) is 4.79 Å². The minimum absolute atomic E-state index is 0.0693. The van der Waals surface area contributed by atoms with E-state index >= 15 is 0 Å². The fraction of sp³-hybridized carbons (Fsp3) is 0.312. The Balaban J connectivity index is 1.71. The monoisotopic (exact) mass is 384 g/mol. The van der Waals surface area contributed by atoms with Gasteiger partial charge in [0.1, 0.15) is 10.0 Å². The zero-order valence-corrected chi connectivity index (χ0v) is 15.0. The fourth-order valence-corrected chi connectivity index (χ4v) is 4.84. The summed E-state index contributed by atoms with van der Waals surface area (Å²) in [6, 6.07) is 5.31. The van der Waals surface area contributed by atoms with Crippen molar-refractivity contribution in [2.45, 2.75) is 23.6 Å². The minimum Gasteiger partial charge on any atom is -0.380 e. The van der Waals surface area contributed by atoms with Crippen LogP contribution in [0.2, 0.25) is 0 Å². The Morgan fingerprint density at radius 3 is 2.84 bits per heavy atom. The largest absolute Gasteiger partial charge is 0.380 e. The van der Waals surface area contributed by atoms with Crippen LogP contribution in [0.1, 0.15) is 22.3 Å². The van der Waals surface area contributed by atoms with Gasteiger partial charge in [-0.2, -0.15) is 0 Å². The molecule has 1 aliphatic rings. The number of ether oxygens (including phenoxy) is 1. The number of benzene rings is 1. The number of rotatable bonds is 5. The van der Waals surface area contributed by atoms with Crippen LogP contribution in [0.3, 0.4) is 0 Å². The van der Waals surface area contributed by atoms with Gasteiger partial charge in [0.05, 0.1) is 12.2 Å². The van der Waals surface area contributed by atoms with Gasteiger partial charge in [0.15, 0.2) is 0 Å². The van der Waals surface area contributed by atoms with E-state index in [0.29, 0.717) is 30.9 Å². The molecule has 1 aliphatic heterocycles. The Hall–Kier alpha value is -1.81. The van der Waals surface area contributed by atoms with Crippen molar-refractivity contribution in [3.05, 3.63) is 46.6 Å². The smallest absolute Gasteiger partial charge is 0.256 e. The highest BCUT2D eigenvalue weighted by Crippen LogP contribution is 2.23. The van der Waals surface area contributed by atoms with E-state index in [1.165, 1.54) is 29.6 Å². The molecule has 0 aliphatic carbocycles. The van der Waals surface area contributed by atoms with E-state index in [4.69, 9.17) is 4.74 Å². The van der Waals surface area contributed by atoms with Gasteiger partial charge in [0.2, 0.25) is 10.0 Å². The van der Waals surface area contributed by atoms with Crippen LogP contribution in [0.25, 0.3) is 0 Å². The molecule has 0 saturated carbocycles. The molecular formula is C16H17FN2O4S2. The van der Waals surface area contributed by atoms with Crippen LogP contribution in [0.4, 0.5) is 10.1 Å². The van der Waals surface area contributed by atoms with Gasteiger partial charge in [0.25, 0.3) is 5.91 Å². The molecule has 1 fully saturated rings. The van der Waals surface area contributed by atoms with Crippen molar-refractivity contribution in [1.82, 2.24) is 4.72 Å². The number of thiophene rings is 1. The van der Waals surface area contributed by atoms with Crippen LogP contribution >= 0.6 is 11.3 Å². The summed E-state index contributed by atoms with van der Waals surface area (Å²) in [5.41, 5.74) is 1.09. The molecule has 0 spiro atoms. The predicted molar refractivity (Wildman–Crippen MR) is 93.0 cm³/mol. The van der Waals surface area contributed by atoms with Crippen LogP contribution in [-0.2, 0) is 14.8 Å². The number of carbonyl (C=O) groups is 1. The van der Waals surface area contributed by atoms with Crippen molar-refractivity contribution in [3.63, 3.8) is 0 Å². The van der Waals surface area contributed by atoms with Crippen molar-refractivity contribution in [2.24, 2.45) is 0 Å². The van der Waals surface area contributed by atoms with Crippen LogP contribution in [0.15, 0.2) is 33.9 Å². The van der Waals surface area contributed by atoms with Gasteiger partial charge in [-0.15, -0.1) is 11.3 Å². The zero-order chi connectivity index (χ0) is 18.0. The number of nitrogens with one attached hydrogen (secondary N) is 2. The molecule has 3 rings (SSSR count). The van der Waals surface area contributed by atoms with E-state index in [9.17, 15) is 17.6 Å². The van der Waals surface area contributed by atoms with Crippen LogP contribution in [0, 0.1) is 12.7 Å². The van der Waals surface area contributed by atoms with E-state index < -0.39 is 15.9 Å². The summed E-state index contributed by atoms with van der Waals surface area (Å²) in [5.74, 6) is -0.809. The third kappa shape index (κ3) is 4.24. The third-order valence-corrected chi connectivity index (χ3v) is 6.73. The van der Waals surface area contributed by atoms with E-state index in [2.05, 4.69) is 10.0 Å². The molecule has 1 atom stereocenters. The van der Waals surface area contributed by atoms with Gasteiger partial charge in [-0.05, 0) is 43.2 Å². The second-order valence-corrected chi connectivity index (χ2v) is 8.61. The van der Waals surface area contributed by atoms with E-state index in [-0.39, 0.29) is 21.6 Å². The Kier molecular flexibility index (Phi) is 5.19. The Morgan fingerprint density at radius 2 is 2.16 bits per heavy atom. The van der Waals surface area contributed by atoms with Crippen LogP contribution in [-0.4, -0.2) is 33.6 Å². The minimum atomic E-state index is -3.68. The zero-order valence-electron chi connectivity index (χ0n) is 13.4.